The monoisotopic (exact) mass is 416 g/mol. The smallest absolute Gasteiger partial charge is 0.261 e. The molecule has 0 heterocycles. The second kappa shape index (κ2) is 8.86. The van der Waals surface area contributed by atoms with Crippen LogP contribution in [0.1, 0.15) is 48.5 Å². The van der Waals surface area contributed by atoms with Gasteiger partial charge in [0.2, 0.25) is 0 Å². The number of amides is 1. The van der Waals surface area contributed by atoms with Crippen molar-refractivity contribution < 1.29 is 17.9 Å². The van der Waals surface area contributed by atoms with Crippen LogP contribution < -0.4 is 14.8 Å². The van der Waals surface area contributed by atoms with Gasteiger partial charge >= 0.3 is 0 Å². The van der Waals surface area contributed by atoms with Gasteiger partial charge in [-0.05, 0) is 67.6 Å². The van der Waals surface area contributed by atoms with Crippen molar-refractivity contribution in [3.8, 4) is 5.75 Å². The van der Waals surface area contributed by atoms with Crippen LogP contribution in [0.25, 0.3) is 0 Å². The molecule has 156 valence electrons. The van der Waals surface area contributed by atoms with E-state index in [1.807, 2.05) is 6.92 Å². The molecule has 29 heavy (non-hydrogen) atoms. The van der Waals surface area contributed by atoms with Crippen molar-refractivity contribution in [2.24, 2.45) is 5.92 Å². The fourth-order valence-electron chi connectivity index (χ4n) is 3.71. The Hall–Kier alpha value is -2.54. The summed E-state index contributed by atoms with van der Waals surface area (Å²) in [5, 5.41) is 3.08. The number of ether oxygens (including phenoxy) is 1. The highest BCUT2D eigenvalue weighted by molar-refractivity contribution is 7.92. The predicted octanol–water partition coefficient (Wildman–Crippen LogP) is 4.11. The van der Waals surface area contributed by atoms with Crippen molar-refractivity contribution in [1.29, 1.82) is 0 Å². The Bertz CT molecular complexity index is 971. The van der Waals surface area contributed by atoms with Crippen LogP contribution in [0.2, 0.25) is 0 Å². The zero-order chi connectivity index (χ0) is 21.0. The first-order chi connectivity index (χ1) is 13.8. The number of hydrogen-bond donors (Lipinski definition) is 2. The maximum absolute atomic E-state index is 12.8. The molecule has 6 nitrogen and oxygen atoms in total. The van der Waals surface area contributed by atoms with E-state index in [4.69, 9.17) is 4.74 Å². The van der Waals surface area contributed by atoms with Crippen LogP contribution in [0.15, 0.2) is 47.4 Å². The normalized spacial score (nSPS) is 19.4. The van der Waals surface area contributed by atoms with Gasteiger partial charge in [0.05, 0.1) is 12.0 Å². The number of nitrogens with one attached hydrogen (secondary N) is 2. The summed E-state index contributed by atoms with van der Waals surface area (Å²) in [7, 11) is -2.27. The summed E-state index contributed by atoms with van der Waals surface area (Å²) in [6.45, 7) is 4.01. The number of carbonyl (C=O) groups is 1. The molecule has 0 bridgehead atoms. The summed E-state index contributed by atoms with van der Waals surface area (Å²) in [5.41, 5.74) is 1.56. The molecule has 1 aliphatic rings. The molecule has 2 unspecified atom stereocenters. The largest absolute Gasteiger partial charge is 0.497 e. The second-order valence-corrected chi connectivity index (χ2v) is 9.44. The number of anilines is 1. The summed E-state index contributed by atoms with van der Waals surface area (Å²) in [6, 6.07) is 11.4. The highest BCUT2D eigenvalue weighted by Crippen LogP contribution is 2.25. The molecule has 2 aromatic rings. The molecule has 1 saturated carbocycles. The Balaban J connectivity index is 1.78. The number of sulfonamides is 1. The number of rotatable bonds is 6. The van der Waals surface area contributed by atoms with Gasteiger partial charge in [0.25, 0.3) is 15.9 Å². The van der Waals surface area contributed by atoms with Crippen LogP contribution in [-0.4, -0.2) is 27.5 Å². The van der Waals surface area contributed by atoms with Gasteiger partial charge in [0, 0.05) is 17.3 Å². The highest BCUT2D eigenvalue weighted by Gasteiger charge is 2.23. The minimum atomic E-state index is -3.82. The molecule has 0 aliphatic heterocycles. The molecule has 1 aliphatic carbocycles. The van der Waals surface area contributed by atoms with Crippen LogP contribution >= 0.6 is 0 Å². The first-order valence-corrected chi connectivity index (χ1v) is 11.3. The molecule has 7 heteroatoms. The van der Waals surface area contributed by atoms with Gasteiger partial charge in [0.1, 0.15) is 5.75 Å². The fraction of sp³-hybridized carbons (Fsp3) is 0.409. The molecular formula is C22H28N2O4S. The Labute approximate surface area is 172 Å². The molecule has 0 radical (unpaired) electrons. The van der Waals surface area contributed by atoms with E-state index < -0.39 is 10.0 Å². The van der Waals surface area contributed by atoms with Gasteiger partial charge in [-0.15, -0.1) is 0 Å². The topological polar surface area (TPSA) is 84.5 Å². The van der Waals surface area contributed by atoms with Crippen molar-refractivity contribution in [2.45, 2.75) is 50.5 Å². The maximum atomic E-state index is 12.8. The molecule has 0 aromatic heterocycles. The van der Waals surface area contributed by atoms with Crippen molar-refractivity contribution in [2.75, 3.05) is 11.8 Å². The summed E-state index contributed by atoms with van der Waals surface area (Å²) in [5.74, 6) is 1.01. The summed E-state index contributed by atoms with van der Waals surface area (Å²) in [6.07, 6.45) is 4.22. The molecule has 1 amide bonds. The third kappa shape index (κ3) is 5.29. The average molecular weight is 417 g/mol. The van der Waals surface area contributed by atoms with E-state index in [0.717, 1.165) is 24.8 Å². The van der Waals surface area contributed by atoms with E-state index in [1.54, 1.807) is 37.4 Å². The maximum Gasteiger partial charge on any atom is 0.261 e. The molecule has 1 fully saturated rings. The minimum Gasteiger partial charge on any atom is -0.497 e. The van der Waals surface area contributed by atoms with E-state index in [2.05, 4.69) is 17.0 Å². The van der Waals surface area contributed by atoms with E-state index in [9.17, 15) is 13.2 Å². The van der Waals surface area contributed by atoms with Crippen LogP contribution in [0.5, 0.6) is 5.75 Å². The summed E-state index contributed by atoms with van der Waals surface area (Å²) >= 11 is 0. The second-order valence-electron chi connectivity index (χ2n) is 7.75. The summed E-state index contributed by atoms with van der Waals surface area (Å²) < 4.78 is 33.2. The lowest BCUT2D eigenvalue weighted by atomic mass is 9.87. The average Bonchev–Trinajstić information content (AvgIpc) is 2.68. The highest BCUT2D eigenvalue weighted by atomic mass is 32.2. The Kier molecular flexibility index (Phi) is 6.47. The van der Waals surface area contributed by atoms with Gasteiger partial charge in [-0.3, -0.25) is 9.52 Å². The van der Waals surface area contributed by atoms with E-state index in [0.29, 0.717) is 22.9 Å². The van der Waals surface area contributed by atoms with E-state index >= 15 is 0 Å². The first kappa shape index (κ1) is 21.2. The zero-order valence-electron chi connectivity index (χ0n) is 17.1. The molecule has 0 spiro atoms. The third-order valence-electron chi connectivity index (χ3n) is 5.38. The van der Waals surface area contributed by atoms with Crippen LogP contribution in [-0.2, 0) is 10.0 Å². The number of methoxy groups -OCH3 is 1. The first-order valence-electron chi connectivity index (χ1n) is 9.87. The van der Waals surface area contributed by atoms with Crippen molar-refractivity contribution in [3.05, 3.63) is 53.6 Å². The van der Waals surface area contributed by atoms with Gasteiger partial charge in [0.15, 0.2) is 0 Å². The van der Waals surface area contributed by atoms with Crippen molar-refractivity contribution in [1.82, 2.24) is 5.32 Å². The lowest BCUT2D eigenvalue weighted by Gasteiger charge is -2.27. The fourth-order valence-corrected chi connectivity index (χ4v) is 4.80. The molecule has 2 atom stereocenters. The number of hydrogen-bond acceptors (Lipinski definition) is 4. The van der Waals surface area contributed by atoms with Crippen LogP contribution in [0.4, 0.5) is 5.69 Å². The lowest BCUT2D eigenvalue weighted by molar-refractivity contribution is 0.0920. The van der Waals surface area contributed by atoms with Crippen molar-refractivity contribution >= 4 is 21.6 Å². The quantitative estimate of drug-likeness (QED) is 0.742. The van der Waals surface area contributed by atoms with Gasteiger partial charge in [-0.2, -0.15) is 0 Å². The molecule has 0 saturated heterocycles. The standard InChI is InChI=1S/C22H28N2O4S/c1-15-5-4-6-18(13-15)23-22(25)21-14-20(12-7-16(21)2)29(26,27)24-17-8-10-19(28-3)11-9-17/h7-12,14-15,18,24H,4-6,13H2,1-3H3,(H,23,25). The SMILES string of the molecule is COc1ccc(NS(=O)(=O)c2ccc(C)c(C(=O)NC3CCCC(C)C3)c2)cc1. The Morgan fingerprint density at radius 3 is 2.48 bits per heavy atom. The molecule has 2 aromatic carbocycles. The number of aryl methyl sites for hydroxylation is 1. The number of carbonyl (C=O) groups excluding carboxylic acids is 1. The third-order valence-corrected chi connectivity index (χ3v) is 6.76. The van der Waals surface area contributed by atoms with Crippen LogP contribution in [0, 0.1) is 12.8 Å². The van der Waals surface area contributed by atoms with E-state index in [-0.39, 0.29) is 16.8 Å². The summed E-state index contributed by atoms with van der Waals surface area (Å²) in [4.78, 5) is 12.9. The van der Waals surface area contributed by atoms with Crippen molar-refractivity contribution in [3.63, 3.8) is 0 Å². The van der Waals surface area contributed by atoms with Crippen LogP contribution in [0.3, 0.4) is 0 Å². The van der Waals surface area contributed by atoms with Gasteiger partial charge in [-0.25, -0.2) is 8.42 Å². The van der Waals surface area contributed by atoms with Gasteiger partial charge in [-0.1, -0.05) is 25.8 Å². The Morgan fingerprint density at radius 1 is 1.10 bits per heavy atom. The lowest BCUT2D eigenvalue weighted by Crippen LogP contribution is -2.38. The molecule has 3 rings (SSSR count). The predicted molar refractivity (Wildman–Crippen MR) is 114 cm³/mol. The van der Waals surface area contributed by atoms with Gasteiger partial charge < -0.3 is 10.1 Å². The molecular weight excluding hydrogens is 388 g/mol. The zero-order valence-corrected chi connectivity index (χ0v) is 17.9. The minimum absolute atomic E-state index is 0.0566. The Morgan fingerprint density at radius 2 is 1.83 bits per heavy atom. The molecule has 2 N–H and O–H groups in total. The van der Waals surface area contributed by atoms with E-state index in [1.165, 1.54) is 18.6 Å². The number of benzene rings is 2.